The number of ether oxygens (including phenoxy) is 1. The van der Waals surface area contributed by atoms with Crippen molar-refractivity contribution in [3.63, 3.8) is 0 Å². The molecule has 9 nitrogen and oxygen atoms in total. The van der Waals surface area contributed by atoms with Crippen LogP contribution in [0.5, 0.6) is 0 Å². The second-order valence-corrected chi connectivity index (χ2v) is 7.47. The third-order valence-corrected chi connectivity index (χ3v) is 4.91. The SMILES string of the molecule is CCCCCCCCCC(=O)OCC(CCO)Cc1nc2nc(N)[nH]c(=O)c2[nH]1. The number of nitrogens with one attached hydrogen (secondary N) is 2. The third-order valence-electron chi connectivity index (χ3n) is 4.91. The fourth-order valence-corrected chi connectivity index (χ4v) is 3.28. The molecule has 2 rings (SSSR count). The Kier molecular flexibility index (Phi) is 9.63. The molecule has 9 heteroatoms. The predicted molar refractivity (Wildman–Crippen MR) is 111 cm³/mol. The molecular formula is C20H33N5O4. The summed E-state index contributed by atoms with van der Waals surface area (Å²) in [6, 6.07) is 0. The summed E-state index contributed by atoms with van der Waals surface area (Å²) in [7, 11) is 0. The molecule has 0 saturated heterocycles. The lowest BCUT2D eigenvalue weighted by molar-refractivity contribution is -0.145. The van der Waals surface area contributed by atoms with Gasteiger partial charge in [-0.2, -0.15) is 4.98 Å². The van der Waals surface area contributed by atoms with Gasteiger partial charge in [-0.25, -0.2) is 4.98 Å². The van der Waals surface area contributed by atoms with Crippen molar-refractivity contribution in [1.82, 2.24) is 19.9 Å². The van der Waals surface area contributed by atoms with Crippen molar-refractivity contribution in [2.75, 3.05) is 18.9 Å². The van der Waals surface area contributed by atoms with Crippen LogP contribution in [-0.4, -0.2) is 44.2 Å². The average Bonchev–Trinajstić information content (AvgIpc) is 3.08. The molecular weight excluding hydrogens is 374 g/mol. The van der Waals surface area contributed by atoms with E-state index in [-0.39, 0.29) is 47.8 Å². The average molecular weight is 408 g/mol. The smallest absolute Gasteiger partial charge is 0.305 e. The summed E-state index contributed by atoms with van der Waals surface area (Å²) in [4.78, 5) is 37.5. The maximum atomic E-state index is 12.0. The number of H-pyrrole nitrogens is 2. The number of fused-ring (bicyclic) bond motifs is 1. The number of carbonyl (C=O) groups excluding carboxylic acids is 1. The molecule has 0 aliphatic heterocycles. The van der Waals surface area contributed by atoms with Gasteiger partial charge in [-0.15, -0.1) is 0 Å². The zero-order valence-electron chi connectivity index (χ0n) is 17.2. The highest BCUT2D eigenvalue weighted by atomic mass is 16.5. The highest BCUT2D eigenvalue weighted by Gasteiger charge is 2.16. The highest BCUT2D eigenvalue weighted by Crippen LogP contribution is 2.14. The number of hydrogen-bond donors (Lipinski definition) is 4. The molecule has 2 aromatic rings. The summed E-state index contributed by atoms with van der Waals surface area (Å²) in [6.07, 6.45) is 9.36. The lowest BCUT2D eigenvalue weighted by atomic mass is 10.0. The molecule has 0 fully saturated rings. The summed E-state index contributed by atoms with van der Waals surface area (Å²) in [5, 5.41) is 9.31. The molecule has 29 heavy (non-hydrogen) atoms. The molecule has 0 aliphatic carbocycles. The first-order valence-corrected chi connectivity index (χ1v) is 10.5. The van der Waals surface area contributed by atoms with E-state index in [4.69, 9.17) is 10.5 Å². The van der Waals surface area contributed by atoms with Crippen LogP contribution in [0.15, 0.2) is 4.79 Å². The summed E-state index contributed by atoms with van der Waals surface area (Å²) < 4.78 is 5.40. The van der Waals surface area contributed by atoms with Crippen molar-refractivity contribution in [2.24, 2.45) is 5.92 Å². The van der Waals surface area contributed by atoms with Crippen molar-refractivity contribution in [1.29, 1.82) is 0 Å². The molecule has 162 valence electrons. The van der Waals surface area contributed by atoms with Crippen LogP contribution in [-0.2, 0) is 16.0 Å². The molecule has 0 amide bonds. The first-order chi connectivity index (χ1) is 14.0. The van der Waals surface area contributed by atoms with Crippen LogP contribution in [0, 0.1) is 5.92 Å². The van der Waals surface area contributed by atoms with Crippen LogP contribution in [0.2, 0.25) is 0 Å². The molecule has 0 aromatic carbocycles. The maximum absolute atomic E-state index is 12.0. The Balaban J connectivity index is 1.77. The van der Waals surface area contributed by atoms with E-state index < -0.39 is 0 Å². The molecule has 0 radical (unpaired) electrons. The standard InChI is InChI=1S/C20H33N5O4/c1-2-3-4-5-6-7-8-9-16(27)29-13-14(10-11-26)12-15-22-17-18(23-15)24-20(21)25-19(17)28/h14,26H,2-13H2,1H3,(H4,21,22,23,24,25,28). The summed E-state index contributed by atoms with van der Waals surface area (Å²) in [5.74, 6) is 0.240. The number of aromatic nitrogens is 4. The van der Waals surface area contributed by atoms with Crippen molar-refractivity contribution < 1.29 is 14.6 Å². The van der Waals surface area contributed by atoms with Crippen LogP contribution in [0.4, 0.5) is 5.95 Å². The first kappa shape index (κ1) is 22.9. The number of anilines is 1. The Morgan fingerprint density at radius 3 is 2.59 bits per heavy atom. The van der Waals surface area contributed by atoms with Gasteiger partial charge in [-0.1, -0.05) is 45.4 Å². The van der Waals surface area contributed by atoms with Crippen molar-refractivity contribution in [2.45, 2.75) is 71.1 Å². The molecule has 2 heterocycles. The zero-order chi connectivity index (χ0) is 21.1. The second-order valence-electron chi connectivity index (χ2n) is 7.47. The van der Waals surface area contributed by atoms with Gasteiger partial charge in [0.05, 0.1) is 6.61 Å². The Labute approximate surface area is 170 Å². The van der Waals surface area contributed by atoms with Gasteiger partial charge in [-0.3, -0.25) is 14.6 Å². The zero-order valence-corrected chi connectivity index (χ0v) is 17.2. The second kappa shape index (κ2) is 12.2. The molecule has 0 aliphatic rings. The largest absolute Gasteiger partial charge is 0.465 e. The maximum Gasteiger partial charge on any atom is 0.305 e. The number of esters is 1. The number of rotatable bonds is 14. The van der Waals surface area contributed by atoms with Crippen molar-refractivity contribution in [3.8, 4) is 0 Å². The van der Waals surface area contributed by atoms with Gasteiger partial charge < -0.3 is 20.6 Å². The Bertz CT molecular complexity index is 817. The fourth-order valence-electron chi connectivity index (χ4n) is 3.28. The molecule has 1 atom stereocenters. The predicted octanol–water partition coefficient (Wildman–Crippen LogP) is 2.45. The van der Waals surface area contributed by atoms with E-state index in [9.17, 15) is 14.7 Å². The van der Waals surface area contributed by atoms with Gasteiger partial charge in [-0.05, 0) is 12.8 Å². The topological polar surface area (TPSA) is 147 Å². The number of aliphatic hydroxyl groups excluding tert-OH is 1. The number of imidazole rings is 1. The minimum atomic E-state index is -0.383. The normalized spacial score (nSPS) is 12.3. The lowest BCUT2D eigenvalue weighted by Gasteiger charge is -2.14. The number of aliphatic hydroxyl groups is 1. The van der Waals surface area contributed by atoms with E-state index >= 15 is 0 Å². The van der Waals surface area contributed by atoms with E-state index in [1.165, 1.54) is 25.7 Å². The fraction of sp³-hybridized carbons (Fsp3) is 0.700. The van der Waals surface area contributed by atoms with Gasteiger partial charge in [0, 0.05) is 25.4 Å². The molecule has 0 spiro atoms. The van der Waals surface area contributed by atoms with Gasteiger partial charge in [0.25, 0.3) is 5.56 Å². The van der Waals surface area contributed by atoms with E-state index in [1.807, 2.05) is 0 Å². The van der Waals surface area contributed by atoms with E-state index in [2.05, 4.69) is 26.9 Å². The van der Waals surface area contributed by atoms with Crippen LogP contribution in [0.3, 0.4) is 0 Å². The van der Waals surface area contributed by atoms with Gasteiger partial charge >= 0.3 is 5.97 Å². The van der Waals surface area contributed by atoms with Crippen molar-refractivity contribution in [3.05, 3.63) is 16.2 Å². The van der Waals surface area contributed by atoms with Crippen molar-refractivity contribution >= 4 is 23.1 Å². The Hall–Kier alpha value is -2.42. The Morgan fingerprint density at radius 1 is 1.14 bits per heavy atom. The minimum Gasteiger partial charge on any atom is -0.465 e. The number of aromatic amines is 2. The third kappa shape index (κ3) is 7.84. The number of nitrogen functional groups attached to an aromatic ring is 1. The van der Waals surface area contributed by atoms with E-state index in [1.54, 1.807) is 0 Å². The van der Waals surface area contributed by atoms with E-state index in [0.717, 1.165) is 19.3 Å². The molecule has 2 aromatic heterocycles. The number of unbranched alkanes of at least 4 members (excludes halogenated alkanes) is 6. The van der Waals surface area contributed by atoms with Gasteiger partial charge in [0.15, 0.2) is 11.2 Å². The summed E-state index contributed by atoms with van der Waals surface area (Å²) in [5.41, 5.74) is 5.66. The minimum absolute atomic E-state index is 0.00625. The van der Waals surface area contributed by atoms with Crippen LogP contribution in [0.25, 0.3) is 11.2 Å². The lowest BCUT2D eigenvalue weighted by Crippen LogP contribution is -2.18. The molecule has 0 bridgehead atoms. The molecule has 5 N–H and O–H groups in total. The summed E-state index contributed by atoms with van der Waals surface area (Å²) in [6.45, 7) is 2.38. The first-order valence-electron chi connectivity index (χ1n) is 10.5. The quantitative estimate of drug-likeness (QED) is 0.278. The van der Waals surface area contributed by atoms with Gasteiger partial charge in [0.2, 0.25) is 5.95 Å². The van der Waals surface area contributed by atoms with Crippen LogP contribution >= 0.6 is 0 Å². The van der Waals surface area contributed by atoms with E-state index in [0.29, 0.717) is 25.1 Å². The summed E-state index contributed by atoms with van der Waals surface area (Å²) >= 11 is 0. The van der Waals surface area contributed by atoms with Crippen LogP contribution < -0.4 is 11.3 Å². The number of nitrogens with zero attached hydrogens (tertiary/aromatic N) is 2. The highest BCUT2D eigenvalue weighted by molar-refractivity contribution is 5.70. The molecule has 1 unspecified atom stereocenters. The number of hydrogen-bond acceptors (Lipinski definition) is 7. The monoisotopic (exact) mass is 407 g/mol. The number of nitrogens with two attached hydrogens (primary N) is 1. The Morgan fingerprint density at radius 2 is 1.86 bits per heavy atom. The number of carbonyl (C=O) groups is 1. The van der Waals surface area contributed by atoms with Crippen LogP contribution in [0.1, 0.15) is 70.5 Å². The molecule has 0 saturated carbocycles. The van der Waals surface area contributed by atoms with Gasteiger partial charge in [0.1, 0.15) is 5.82 Å².